The number of hydrogen-bond acceptors (Lipinski definition) is 9. The highest BCUT2D eigenvalue weighted by Gasteiger charge is 2.34. The minimum absolute atomic E-state index is 0.192. The van der Waals surface area contributed by atoms with Crippen molar-refractivity contribution in [2.75, 3.05) is 27.6 Å². The molecule has 0 aliphatic carbocycles. The third-order valence-corrected chi connectivity index (χ3v) is 8.59. The highest BCUT2D eigenvalue weighted by molar-refractivity contribution is 7.07. The number of allylic oxidation sites excluding steroid dienone is 1. The van der Waals surface area contributed by atoms with Crippen LogP contribution in [0.5, 0.6) is 23.0 Å². The minimum Gasteiger partial charge on any atom is -0.493 e. The van der Waals surface area contributed by atoms with Gasteiger partial charge >= 0.3 is 5.97 Å². The lowest BCUT2D eigenvalue weighted by atomic mass is 9.95. The van der Waals surface area contributed by atoms with Crippen LogP contribution in [0.25, 0.3) is 11.8 Å². The molecule has 4 heterocycles. The first-order valence-electron chi connectivity index (χ1n) is 13.8. The molecular formula is C32H31N3O7S. The summed E-state index contributed by atoms with van der Waals surface area (Å²) in [7, 11) is 3.10. The fourth-order valence-corrected chi connectivity index (χ4v) is 6.66. The van der Waals surface area contributed by atoms with Crippen molar-refractivity contribution in [1.82, 2.24) is 9.13 Å². The number of esters is 1. The Morgan fingerprint density at radius 1 is 1.05 bits per heavy atom. The standard InChI is InChI=1S/C32H31N3O7S/c1-7-40-31(37)28-18(3)33-32-35(29(28)20-8-10-23(38-5)25(13-20)39-6)30(36)27(43-32)14-21-12-17(2)34(19(21)4)22-9-11-24-26(15-22)42-16-41-24/h8-15,29H,7,16H2,1-6H3/b27-14+/t29-/m0/s1. The number of methoxy groups -OCH3 is 2. The van der Waals surface area contributed by atoms with Gasteiger partial charge in [0.05, 0.1) is 42.7 Å². The Hall–Kier alpha value is -4.77. The summed E-state index contributed by atoms with van der Waals surface area (Å²) in [5, 5.41) is 0. The topological polar surface area (TPSA) is 103 Å². The number of carbonyl (C=O) groups is 1. The maximum absolute atomic E-state index is 14.1. The Morgan fingerprint density at radius 2 is 1.81 bits per heavy atom. The van der Waals surface area contributed by atoms with Gasteiger partial charge in [0.25, 0.3) is 5.56 Å². The molecule has 43 heavy (non-hydrogen) atoms. The zero-order chi connectivity index (χ0) is 30.4. The molecule has 0 saturated heterocycles. The zero-order valence-corrected chi connectivity index (χ0v) is 25.5. The van der Waals surface area contributed by atoms with E-state index in [1.807, 2.05) is 50.3 Å². The minimum atomic E-state index is -0.765. The van der Waals surface area contributed by atoms with Crippen molar-refractivity contribution in [3.8, 4) is 28.7 Å². The highest BCUT2D eigenvalue weighted by Crippen LogP contribution is 2.37. The van der Waals surface area contributed by atoms with Gasteiger partial charge in [-0.2, -0.15) is 0 Å². The summed E-state index contributed by atoms with van der Waals surface area (Å²) in [5.41, 5.74) is 4.99. The van der Waals surface area contributed by atoms with E-state index in [-0.39, 0.29) is 19.0 Å². The van der Waals surface area contributed by atoms with Crippen LogP contribution in [0.15, 0.2) is 63.5 Å². The second-order valence-electron chi connectivity index (χ2n) is 10.1. The first kappa shape index (κ1) is 28.4. The molecule has 0 N–H and O–H groups in total. The van der Waals surface area contributed by atoms with E-state index >= 15 is 0 Å². The Bertz CT molecular complexity index is 1980. The van der Waals surface area contributed by atoms with Gasteiger partial charge in [0.1, 0.15) is 0 Å². The molecule has 0 radical (unpaired) electrons. The molecule has 0 bridgehead atoms. The molecule has 10 nitrogen and oxygen atoms in total. The van der Waals surface area contributed by atoms with Crippen molar-refractivity contribution in [2.24, 2.45) is 4.99 Å². The molecule has 11 heteroatoms. The summed E-state index contributed by atoms with van der Waals surface area (Å²) in [4.78, 5) is 32.5. The lowest BCUT2D eigenvalue weighted by Gasteiger charge is -2.25. The van der Waals surface area contributed by atoms with E-state index in [4.69, 9.17) is 23.7 Å². The smallest absolute Gasteiger partial charge is 0.338 e. The summed E-state index contributed by atoms with van der Waals surface area (Å²) in [5.74, 6) is 1.91. The van der Waals surface area contributed by atoms with Crippen LogP contribution >= 0.6 is 11.3 Å². The summed E-state index contributed by atoms with van der Waals surface area (Å²) in [6.45, 7) is 7.93. The van der Waals surface area contributed by atoms with Crippen LogP contribution in [0.3, 0.4) is 0 Å². The first-order chi connectivity index (χ1) is 20.7. The van der Waals surface area contributed by atoms with Gasteiger partial charge in [-0.1, -0.05) is 17.4 Å². The van der Waals surface area contributed by atoms with Gasteiger partial charge in [0.15, 0.2) is 27.8 Å². The number of fused-ring (bicyclic) bond motifs is 2. The summed E-state index contributed by atoms with van der Waals surface area (Å²) in [6, 6.07) is 12.4. The Morgan fingerprint density at radius 3 is 2.56 bits per heavy atom. The average molecular weight is 602 g/mol. The SMILES string of the molecule is CCOC(=O)C1=C(C)N=c2s/c(=C/c3cc(C)n(-c4ccc5c(c4)OCO5)c3C)c(=O)n2[C@H]1c1ccc(OC)c(OC)c1. The molecule has 0 unspecified atom stereocenters. The van der Waals surface area contributed by atoms with Gasteiger partial charge in [-0.15, -0.1) is 0 Å². The van der Waals surface area contributed by atoms with Crippen LogP contribution in [-0.2, 0) is 9.53 Å². The van der Waals surface area contributed by atoms with E-state index in [2.05, 4.69) is 9.56 Å². The van der Waals surface area contributed by atoms with Gasteiger partial charge in [0, 0.05) is 23.1 Å². The zero-order valence-electron chi connectivity index (χ0n) is 24.7. The largest absolute Gasteiger partial charge is 0.493 e. The van der Waals surface area contributed by atoms with E-state index in [1.165, 1.54) is 11.3 Å². The molecule has 222 valence electrons. The van der Waals surface area contributed by atoms with Crippen LogP contribution in [0.2, 0.25) is 0 Å². The van der Waals surface area contributed by atoms with Crippen molar-refractivity contribution in [3.05, 3.63) is 95.9 Å². The maximum atomic E-state index is 14.1. The molecule has 0 fully saturated rings. The van der Waals surface area contributed by atoms with Gasteiger partial charge in [-0.25, -0.2) is 9.79 Å². The number of aryl methyl sites for hydroxylation is 1. The van der Waals surface area contributed by atoms with Crippen LogP contribution in [0.4, 0.5) is 0 Å². The fraction of sp³-hybridized carbons (Fsp3) is 0.281. The molecule has 6 rings (SSSR count). The lowest BCUT2D eigenvalue weighted by Crippen LogP contribution is -2.40. The average Bonchev–Trinajstić information content (AvgIpc) is 3.67. The van der Waals surface area contributed by atoms with Crippen LogP contribution < -0.4 is 33.8 Å². The van der Waals surface area contributed by atoms with Crippen LogP contribution in [-0.4, -0.2) is 42.7 Å². The molecule has 2 aromatic carbocycles. The van der Waals surface area contributed by atoms with E-state index in [0.29, 0.717) is 49.2 Å². The lowest BCUT2D eigenvalue weighted by molar-refractivity contribution is -0.139. The van der Waals surface area contributed by atoms with Gasteiger partial charge in [-0.3, -0.25) is 9.36 Å². The van der Waals surface area contributed by atoms with Crippen molar-refractivity contribution < 1.29 is 28.5 Å². The number of rotatable bonds is 7. The predicted molar refractivity (Wildman–Crippen MR) is 161 cm³/mol. The van der Waals surface area contributed by atoms with Gasteiger partial charge < -0.3 is 28.3 Å². The number of carbonyl (C=O) groups excluding carboxylic acids is 1. The van der Waals surface area contributed by atoms with E-state index in [9.17, 15) is 9.59 Å². The molecular weight excluding hydrogens is 570 g/mol. The van der Waals surface area contributed by atoms with Crippen LogP contribution in [0.1, 0.15) is 42.4 Å². The quantitative estimate of drug-likeness (QED) is 0.296. The Balaban J connectivity index is 1.50. The number of aromatic nitrogens is 2. The monoisotopic (exact) mass is 601 g/mol. The molecule has 1 atom stereocenters. The first-order valence-corrected chi connectivity index (χ1v) is 14.6. The molecule has 0 spiro atoms. The molecule has 2 aliphatic rings. The highest BCUT2D eigenvalue weighted by atomic mass is 32.1. The summed E-state index contributed by atoms with van der Waals surface area (Å²) in [6.07, 6.45) is 1.88. The third kappa shape index (κ3) is 4.79. The molecule has 4 aromatic rings. The van der Waals surface area contributed by atoms with Gasteiger partial charge in [-0.05, 0) is 75.2 Å². The normalized spacial score (nSPS) is 15.8. The van der Waals surface area contributed by atoms with Crippen molar-refractivity contribution in [3.63, 3.8) is 0 Å². The maximum Gasteiger partial charge on any atom is 0.338 e. The van der Waals surface area contributed by atoms with E-state index < -0.39 is 12.0 Å². The Kier molecular flexibility index (Phi) is 7.35. The molecule has 2 aliphatic heterocycles. The van der Waals surface area contributed by atoms with Gasteiger partial charge in [0.2, 0.25) is 6.79 Å². The summed E-state index contributed by atoms with van der Waals surface area (Å²) >= 11 is 1.28. The van der Waals surface area contributed by atoms with E-state index in [1.54, 1.807) is 44.8 Å². The predicted octanol–water partition coefficient (Wildman–Crippen LogP) is 3.95. The second kappa shape index (κ2) is 11.1. The van der Waals surface area contributed by atoms with E-state index in [0.717, 1.165) is 22.6 Å². The second-order valence-corrected chi connectivity index (χ2v) is 11.1. The summed E-state index contributed by atoms with van der Waals surface area (Å²) < 4.78 is 31.6. The van der Waals surface area contributed by atoms with Crippen LogP contribution in [0, 0.1) is 13.8 Å². The molecule has 0 amide bonds. The van der Waals surface area contributed by atoms with Crippen molar-refractivity contribution >= 4 is 23.4 Å². The number of ether oxygens (including phenoxy) is 5. The van der Waals surface area contributed by atoms with Crippen molar-refractivity contribution in [2.45, 2.75) is 33.7 Å². The third-order valence-electron chi connectivity index (χ3n) is 7.61. The molecule has 0 saturated carbocycles. The fourth-order valence-electron chi connectivity index (χ4n) is 5.63. The number of thiazole rings is 1. The Labute approximate surface area is 251 Å². The number of nitrogens with zero attached hydrogens (tertiary/aromatic N) is 3. The molecule has 2 aromatic heterocycles. The van der Waals surface area contributed by atoms with Crippen molar-refractivity contribution in [1.29, 1.82) is 0 Å². The number of benzene rings is 2. The number of hydrogen-bond donors (Lipinski definition) is 0.